The van der Waals surface area contributed by atoms with Gasteiger partial charge in [-0.05, 0) is 18.4 Å². The van der Waals surface area contributed by atoms with Crippen LogP contribution in [-0.2, 0) is 6.42 Å². The van der Waals surface area contributed by atoms with Gasteiger partial charge in [0.15, 0.2) is 0 Å². The van der Waals surface area contributed by atoms with Crippen molar-refractivity contribution in [2.24, 2.45) is 0 Å². The summed E-state index contributed by atoms with van der Waals surface area (Å²) in [5.41, 5.74) is 7.75. The number of methoxy groups -OCH3 is 1. The Kier molecular flexibility index (Phi) is 4.67. The van der Waals surface area contributed by atoms with E-state index in [1.165, 1.54) is 5.56 Å². The lowest BCUT2D eigenvalue weighted by molar-refractivity contribution is 0.308. The van der Waals surface area contributed by atoms with E-state index in [1.54, 1.807) is 13.2 Å². The molecule has 0 aliphatic carbocycles. The predicted molar refractivity (Wildman–Crippen MR) is 77.7 cm³/mol. The summed E-state index contributed by atoms with van der Waals surface area (Å²) >= 11 is 0. The molecule has 19 heavy (non-hydrogen) atoms. The molecule has 0 radical (unpaired) electrons. The minimum absolute atomic E-state index is 0.650. The maximum absolute atomic E-state index is 5.77. The zero-order valence-corrected chi connectivity index (χ0v) is 11.1. The second-order valence-electron chi connectivity index (χ2n) is 4.38. The second kappa shape index (κ2) is 6.69. The van der Waals surface area contributed by atoms with Crippen molar-refractivity contribution in [2.45, 2.75) is 12.8 Å². The van der Waals surface area contributed by atoms with Crippen LogP contribution in [0, 0.1) is 0 Å². The molecule has 0 amide bonds. The molecular formula is C16H19NO2. The minimum atomic E-state index is 0.650. The number of benzene rings is 2. The highest BCUT2D eigenvalue weighted by molar-refractivity contribution is 5.50. The van der Waals surface area contributed by atoms with Gasteiger partial charge in [0.25, 0.3) is 0 Å². The molecule has 0 aliphatic heterocycles. The first-order valence-corrected chi connectivity index (χ1v) is 6.39. The summed E-state index contributed by atoms with van der Waals surface area (Å²) in [6, 6.07) is 15.8. The van der Waals surface area contributed by atoms with Crippen molar-refractivity contribution in [3.63, 3.8) is 0 Å². The van der Waals surface area contributed by atoms with Crippen molar-refractivity contribution in [2.75, 3.05) is 19.5 Å². The molecule has 0 heterocycles. The van der Waals surface area contributed by atoms with Crippen molar-refractivity contribution in [3.05, 3.63) is 54.1 Å². The van der Waals surface area contributed by atoms with Gasteiger partial charge in [0.05, 0.1) is 13.7 Å². The first kappa shape index (κ1) is 13.3. The highest BCUT2D eigenvalue weighted by Gasteiger charge is 2.00. The Morgan fingerprint density at radius 3 is 2.47 bits per heavy atom. The van der Waals surface area contributed by atoms with Crippen molar-refractivity contribution in [1.82, 2.24) is 0 Å². The van der Waals surface area contributed by atoms with Crippen LogP contribution in [0.2, 0.25) is 0 Å². The molecule has 3 nitrogen and oxygen atoms in total. The standard InChI is InChI=1S/C16H19NO2/c1-18-15-10-14(17)11-16(12-15)19-9-5-8-13-6-3-2-4-7-13/h2-4,6-7,10-12H,5,8-9,17H2,1H3. The molecule has 2 aromatic rings. The van der Waals surface area contributed by atoms with Gasteiger partial charge in [-0.3, -0.25) is 0 Å². The topological polar surface area (TPSA) is 44.5 Å². The van der Waals surface area contributed by atoms with E-state index in [9.17, 15) is 0 Å². The molecule has 0 unspecified atom stereocenters. The smallest absolute Gasteiger partial charge is 0.125 e. The number of nitrogens with two attached hydrogens (primary N) is 1. The van der Waals surface area contributed by atoms with Gasteiger partial charge in [0.1, 0.15) is 11.5 Å². The van der Waals surface area contributed by atoms with E-state index >= 15 is 0 Å². The van der Waals surface area contributed by atoms with Crippen LogP contribution in [0.5, 0.6) is 11.5 Å². The summed E-state index contributed by atoms with van der Waals surface area (Å²) in [5.74, 6) is 1.47. The zero-order valence-electron chi connectivity index (χ0n) is 11.1. The number of ether oxygens (including phenoxy) is 2. The quantitative estimate of drug-likeness (QED) is 0.638. The Labute approximate surface area is 114 Å². The molecule has 0 aliphatic rings. The molecule has 0 atom stereocenters. The van der Waals surface area contributed by atoms with Crippen LogP contribution in [0.15, 0.2) is 48.5 Å². The van der Waals surface area contributed by atoms with E-state index in [4.69, 9.17) is 15.2 Å². The first-order valence-electron chi connectivity index (χ1n) is 6.39. The predicted octanol–water partition coefficient (Wildman–Crippen LogP) is 3.29. The zero-order chi connectivity index (χ0) is 13.5. The molecule has 0 saturated carbocycles. The van der Waals surface area contributed by atoms with Gasteiger partial charge in [0.2, 0.25) is 0 Å². The highest BCUT2D eigenvalue weighted by Crippen LogP contribution is 2.24. The van der Waals surface area contributed by atoms with Gasteiger partial charge in [-0.15, -0.1) is 0 Å². The van der Waals surface area contributed by atoms with Crippen molar-refractivity contribution in [3.8, 4) is 11.5 Å². The summed E-state index contributed by atoms with van der Waals surface area (Å²) in [7, 11) is 1.62. The number of aryl methyl sites for hydroxylation is 1. The van der Waals surface area contributed by atoms with Crippen molar-refractivity contribution in [1.29, 1.82) is 0 Å². The van der Waals surface area contributed by atoms with Crippen molar-refractivity contribution < 1.29 is 9.47 Å². The Morgan fingerprint density at radius 2 is 1.74 bits per heavy atom. The Morgan fingerprint density at radius 1 is 1.00 bits per heavy atom. The number of hydrogen-bond donors (Lipinski definition) is 1. The molecule has 0 fully saturated rings. The van der Waals surface area contributed by atoms with Crippen molar-refractivity contribution >= 4 is 5.69 Å². The van der Waals surface area contributed by atoms with Crippen LogP contribution in [0.4, 0.5) is 5.69 Å². The van der Waals surface area contributed by atoms with Gasteiger partial charge in [-0.1, -0.05) is 30.3 Å². The van der Waals surface area contributed by atoms with E-state index in [0.29, 0.717) is 12.3 Å². The molecule has 2 N–H and O–H groups in total. The number of rotatable bonds is 6. The van der Waals surface area contributed by atoms with E-state index in [1.807, 2.05) is 18.2 Å². The fourth-order valence-corrected chi connectivity index (χ4v) is 1.91. The third-order valence-corrected chi connectivity index (χ3v) is 2.86. The van der Waals surface area contributed by atoms with Gasteiger partial charge in [-0.25, -0.2) is 0 Å². The average Bonchev–Trinajstić information content (AvgIpc) is 2.44. The summed E-state index contributed by atoms with van der Waals surface area (Å²) in [6.07, 6.45) is 1.99. The van der Waals surface area contributed by atoms with Crippen LogP contribution in [0.3, 0.4) is 0 Å². The summed E-state index contributed by atoms with van der Waals surface area (Å²) in [6.45, 7) is 0.668. The maximum atomic E-state index is 5.77. The van der Waals surface area contributed by atoms with E-state index < -0.39 is 0 Å². The number of hydrogen-bond acceptors (Lipinski definition) is 3. The SMILES string of the molecule is COc1cc(N)cc(OCCCc2ccccc2)c1. The summed E-state index contributed by atoms with van der Waals surface area (Å²) in [4.78, 5) is 0. The number of nitrogen functional groups attached to an aromatic ring is 1. The Balaban J connectivity index is 1.81. The van der Waals surface area contributed by atoms with E-state index in [2.05, 4.69) is 24.3 Å². The fourth-order valence-electron chi connectivity index (χ4n) is 1.91. The molecule has 0 saturated heterocycles. The lowest BCUT2D eigenvalue weighted by Gasteiger charge is -2.09. The highest BCUT2D eigenvalue weighted by atomic mass is 16.5. The van der Waals surface area contributed by atoms with Gasteiger partial charge >= 0.3 is 0 Å². The van der Waals surface area contributed by atoms with Gasteiger partial charge in [0, 0.05) is 23.9 Å². The average molecular weight is 257 g/mol. The van der Waals surface area contributed by atoms with Crippen LogP contribution < -0.4 is 15.2 Å². The molecular weight excluding hydrogens is 238 g/mol. The molecule has 2 aromatic carbocycles. The fraction of sp³-hybridized carbons (Fsp3) is 0.250. The largest absolute Gasteiger partial charge is 0.497 e. The monoisotopic (exact) mass is 257 g/mol. The maximum Gasteiger partial charge on any atom is 0.125 e. The molecule has 0 aromatic heterocycles. The third-order valence-electron chi connectivity index (χ3n) is 2.86. The normalized spacial score (nSPS) is 10.2. The molecule has 100 valence electrons. The Bertz CT molecular complexity index is 511. The van der Waals surface area contributed by atoms with Crippen LogP contribution >= 0.6 is 0 Å². The van der Waals surface area contributed by atoms with Crippen LogP contribution in [0.25, 0.3) is 0 Å². The van der Waals surface area contributed by atoms with Crippen LogP contribution in [0.1, 0.15) is 12.0 Å². The minimum Gasteiger partial charge on any atom is -0.497 e. The second-order valence-corrected chi connectivity index (χ2v) is 4.38. The first-order chi connectivity index (χ1) is 9.28. The van der Waals surface area contributed by atoms with Crippen LogP contribution in [-0.4, -0.2) is 13.7 Å². The Hall–Kier alpha value is -2.16. The number of anilines is 1. The summed E-state index contributed by atoms with van der Waals surface area (Å²) < 4.78 is 10.8. The third kappa shape index (κ3) is 4.21. The van der Waals surface area contributed by atoms with Gasteiger partial charge < -0.3 is 15.2 Å². The molecule has 3 heteroatoms. The summed E-state index contributed by atoms with van der Waals surface area (Å²) in [5, 5.41) is 0. The lowest BCUT2D eigenvalue weighted by atomic mass is 10.1. The van der Waals surface area contributed by atoms with Gasteiger partial charge in [-0.2, -0.15) is 0 Å². The molecule has 0 spiro atoms. The molecule has 2 rings (SSSR count). The van der Waals surface area contributed by atoms with E-state index in [0.717, 1.165) is 24.3 Å². The lowest BCUT2D eigenvalue weighted by Crippen LogP contribution is -2.00. The molecule has 0 bridgehead atoms. The van der Waals surface area contributed by atoms with E-state index in [-0.39, 0.29) is 0 Å².